The normalized spacial score (nSPS) is 31.2. The van der Waals surface area contributed by atoms with Gasteiger partial charge in [0.1, 0.15) is 18.3 Å². The number of carbonyl (C=O) groups is 1. The van der Waals surface area contributed by atoms with Gasteiger partial charge < -0.3 is 28.8 Å². The van der Waals surface area contributed by atoms with Crippen molar-refractivity contribution in [2.75, 3.05) is 13.7 Å². The van der Waals surface area contributed by atoms with Crippen LogP contribution in [0.25, 0.3) is 0 Å². The number of ether oxygens (including phenoxy) is 3. The number of rotatable bonds is 6. The Morgan fingerprint density at radius 2 is 1.76 bits per heavy atom. The summed E-state index contributed by atoms with van der Waals surface area (Å²) in [5.41, 5.74) is 0. The minimum absolute atomic E-state index is 0.0151. The van der Waals surface area contributed by atoms with Gasteiger partial charge >= 0.3 is 5.97 Å². The van der Waals surface area contributed by atoms with Crippen LogP contribution in [0.5, 0.6) is 0 Å². The molecule has 1 rings (SSSR count). The molecule has 2 N–H and O–H groups in total. The number of aliphatic hydroxyl groups excluding tert-OH is 2. The van der Waals surface area contributed by atoms with Gasteiger partial charge in [-0.3, -0.25) is 4.79 Å². The number of esters is 1. The van der Waals surface area contributed by atoms with Crippen LogP contribution in [0.15, 0.2) is 0 Å². The SMILES string of the molecule is CO[C@H]1O[C@H](CO[Si](C)(C)C(C)(C)C)[C@@H](O)[C@H](O)[C@H]1OC(=O)C(C)C. The van der Waals surface area contributed by atoms with Gasteiger partial charge in [0.2, 0.25) is 0 Å². The molecule has 0 spiro atoms. The molecule has 0 aromatic rings. The Kier molecular flexibility index (Phi) is 7.62. The summed E-state index contributed by atoms with van der Waals surface area (Å²) in [6, 6.07) is 0. The summed E-state index contributed by atoms with van der Waals surface area (Å²) in [5.74, 6) is -0.848. The Balaban J connectivity index is 2.80. The van der Waals surface area contributed by atoms with Gasteiger partial charge in [0, 0.05) is 7.11 Å². The van der Waals surface area contributed by atoms with E-state index in [2.05, 4.69) is 33.9 Å². The number of methoxy groups -OCH3 is 1. The zero-order valence-corrected chi connectivity index (χ0v) is 17.6. The first-order valence-corrected chi connectivity index (χ1v) is 11.6. The third kappa shape index (κ3) is 5.48. The molecule has 148 valence electrons. The summed E-state index contributed by atoms with van der Waals surface area (Å²) in [4.78, 5) is 11.8. The fourth-order valence-corrected chi connectivity index (χ4v) is 3.15. The van der Waals surface area contributed by atoms with E-state index in [4.69, 9.17) is 18.6 Å². The van der Waals surface area contributed by atoms with Crippen molar-refractivity contribution in [1.29, 1.82) is 0 Å². The number of aliphatic hydroxyl groups is 2. The molecular weight excluding hydrogens is 344 g/mol. The van der Waals surface area contributed by atoms with Gasteiger partial charge in [-0.1, -0.05) is 34.6 Å². The molecule has 0 amide bonds. The lowest BCUT2D eigenvalue weighted by Crippen LogP contribution is -2.61. The smallest absolute Gasteiger partial charge is 0.308 e. The fraction of sp³-hybridized carbons (Fsp3) is 0.941. The van der Waals surface area contributed by atoms with Crippen LogP contribution in [0.2, 0.25) is 18.1 Å². The standard InChI is InChI=1S/C17H34O7Si/c1-10(2)15(20)24-14-13(19)12(18)11(23-16(14)21-6)9-22-25(7,8)17(3,4)5/h10-14,16,18-19H,9H2,1-8H3/t11-,12-,13+,14-,16+/m1/s1. The van der Waals surface area contributed by atoms with Crippen molar-refractivity contribution in [2.45, 2.75) is 83.5 Å². The van der Waals surface area contributed by atoms with E-state index in [1.54, 1.807) is 13.8 Å². The van der Waals surface area contributed by atoms with Crippen LogP contribution in [0.3, 0.4) is 0 Å². The summed E-state index contributed by atoms with van der Waals surface area (Å²) >= 11 is 0. The highest BCUT2D eigenvalue weighted by atomic mass is 28.4. The Bertz CT molecular complexity index is 445. The first kappa shape index (κ1) is 22.5. The van der Waals surface area contributed by atoms with Crippen molar-refractivity contribution in [2.24, 2.45) is 5.92 Å². The van der Waals surface area contributed by atoms with Crippen LogP contribution in [-0.2, 0) is 23.4 Å². The average Bonchev–Trinajstić information content (AvgIpc) is 2.49. The summed E-state index contributed by atoms with van der Waals surface area (Å²) < 4.78 is 22.3. The van der Waals surface area contributed by atoms with Crippen LogP contribution in [0, 0.1) is 5.92 Å². The molecule has 1 aliphatic rings. The molecule has 0 aromatic carbocycles. The van der Waals surface area contributed by atoms with Crippen LogP contribution in [0.1, 0.15) is 34.6 Å². The van der Waals surface area contributed by atoms with E-state index < -0.39 is 45.0 Å². The van der Waals surface area contributed by atoms with Gasteiger partial charge in [-0.15, -0.1) is 0 Å². The van der Waals surface area contributed by atoms with Gasteiger partial charge in [0.25, 0.3) is 0 Å². The van der Waals surface area contributed by atoms with Crippen LogP contribution >= 0.6 is 0 Å². The van der Waals surface area contributed by atoms with Crippen molar-refractivity contribution in [3.63, 3.8) is 0 Å². The predicted octanol–water partition coefficient (Wildman–Crippen LogP) is 1.67. The molecule has 0 radical (unpaired) electrons. The second-order valence-electron chi connectivity index (χ2n) is 8.39. The van der Waals surface area contributed by atoms with Crippen LogP contribution in [-0.4, -0.2) is 68.9 Å². The van der Waals surface area contributed by atoms with E-state index in [1.165, 1.54) is 7.11 Å². The van der Waals surface area contributed by atoms with E-state index in [9.17, 15) is 15.0 Å². The lowest BCUT2D eigenvalue weighted by molar-refractivity contribution is -0.298. The van der Waals surface area contributed by atoms with E-state index in [0.29, 0.717) is 0 Å². The number of carbonyl (C=O) groups excluding carboxylic acids is 1. The zero-order valence-electron chi connectivity index (χ0n) is 16.6. The Hall–Kier alpha value is -0.513. The van der Waals surface area contributed by atoms with Gasteiger partial charge in [-0.2, -0.15) is 0 Å². The van der Waals surface area contributed by atoms with Gasteiger partial charge in [-0.25, -0.2) is 0 Å². The molecule has 0 bridgehead atoms. The molecule has 0 unspecified atom stereocenters. The van der Waals surface area contributed by atoms with Crippen molar-refractivity contribution in [3.8, 4) is 0 Å². The Morgan fingerprint density at radius 1 is 1.20 bits per heavy atom. The van der Waals surface area contributed by atoms with E-state index in [0.717, 1.165) is 0 Å². The quantitative estimate of drug-likeness (QED) is 0.536. The lowest BCUT2D eigenvalue weighted by Gasteiger charge is -2.43. The maximum absolute atomic E-state index is 11.8. The third-order valence-corrected chi connectivity index (χ3v) is 9.52. The molecule has 1 heterocycles. The average molecular weight is 379 g/mol. The second-order valence-corrected chi connectivity index (χ2v) is 13.2. The molecule has 0 saturated carbocycles. The molecule has 8 heteroatoms. The highest BCUT2D eigenvalue weighted by Crippen LogP contribution is 2.37. The Labute approximate surface area is 151 Å². The van der Waals surface area contributed by atoms with Gasteiger partial charge in [0.15, 0.2) is 20.7 Å². The number of hydrogen-bond acceptors (Lipinski definition) is 7. The maximum Gasteiger partial charge on any atom is 0.308 e. The molecule has 0 aliphatic carbocycles. The molecule has 25 heavy (non-hydrogen) atoms. The predicted molar refractivity (Wildman–Crippen MR) is 95.6 cm³/mol. The van der Waals surface area contributed by atoms with Gasteiger partial charge in [-0.05, 0) is 18.1 Å². The highest BCUT2D eigenvalue weighted by Gasteiger charge is 2.48. The largest absolute Gasteiger partial charge is 0.454 e. The fourth-order valence-electron chi connectivity index (χ4n) is 2.14. The molecule has 1 aliphatic heterocycles. The van der Waals surface area contributed by atoms with Crippen molar-refractivity contribution >= 4 is 14.3 Å². The molecule has 7 nitrogen and oxygen atoms in total. The first-order valence-electron chi connectivity index (χ1n) is 8.70. The molecule has 1 saturated heterocycles. The van der Waals surface area contributed by atoms with Crippen molar-refractivity contribution in [3.05, 3.63) is 0 Å². The van der Waals surface area contributed by atoms with E-state index in [-0.39, 0.29) is 17.6 Å². The molecular formula is C17H34O7Si. The molecule has 1 fully saturated rings. The van der Waals surface area contributed by atoms with Gasteiger partial charge in [0.05, 0.1) is 12.5 Å². The monoisotopic (exact) mass is 378 g/mol. The summed E-state index contributed by atoms with van der Waals surface area (Å²) in [6.07, 6.45) is -5.35. The van der Waals surface area contributed by atoms with Crippen molar-refractivity contribution < 1.29 is 33.6 Å². The van der Waals surface area contributed by atoms with Crippen LogP contribution in [0.4, 0.5) is 0 Å². The molecule has 5 atom stereocenters. The maximum atomic E-state index is 11.8. The van der Waals surface area contributed by atoms with E-state index >= 15 is 0 Å². The topological polar surface area (TPSA) is 94.5 Å². The summed E-state index contributed by atoms with van der Waals surface area (Å²) in [7, 11) is -0.630. The minimum Gasteiger partial charge on any atom is -0.454 e. The highest BCUT2D eigenvalue weighted by molar-refractivity contribution is 6.74. The van der Waals surface area contributed by atoms with E-state index in [1.807, 2.05) is 0 Å². The Morgan fingerprint density at radius 3 is 2.20 bits per heavy atom. The lowest BCUT2D eigenvalue weighted by atomic mass is 9.99. The first-order chi connectivity index (χ1) is 11.3. The third-order valence-electron chi connectivity index (χ3n) is 5.02. The summed E-state index contributed by atoms with van der Waals surface area (Å²) in [5, 5.41) is 20.8. The summed E-state index contributed by atoms with van der Waals surface area (Å²) in [6.45, 7) is 14.1. The second kappa shape index (κ2) is 8.45. The zero-order chi connectivity index (χ0) is 19.6. The minimum atomic E-state index is -2.03. The van der Waals surface area contributed by atoms with Crippen LogP contribution < -0.4 is 0 Å². The van der Waals surface area contributed by atoms with Crippen molar-refractivity contribution in [1.82, 2.24) is 0 Å². The number of hydrogen-bond donors (Lipinski definition) is 2. The molecule has 0 aromatic heterocycles.